The van der Waals surface area contributed by atoms with Gasteiger partial charge in [-0.15, -0.1) is 0 Å². The van der Waals surface area contributed by atoms with E-state index in [4.69, 9.17) is 13.9 Å². The molecule has 0 amide bonds. The van der Waals surface area contributed by atoms with Gasteiger partial charge in [0.05, 0.1) is 19.3 Å². The fourth-order valence-electron chi connectivity index (χ4n) is 2.51. The Morgan fingerprint density at radius 2 is 2.25 bits per heavy atom. The summed E-state index contributed by atoms with van der Waals surface area (Å²) in [7, 11) is -1.44. The van der Waals surface area contributed by atoms with E-state index in [0.717, 1.165) is 25.9 Å². The second kappa shape index (κ2) is 5.62. The summed E-state index contributed by atoms with van der Waals surface area (Å²) in [4.78, 5) is 0. The predicted octanol–water partition coefficient (Wildman–Crippen LogP) is 2.57. The van der Waals surface area contributed by atoms with Crippen LogP contribution in [0.5, 0.6) is 0 Å². The highest BCUT2D eigenvalue weighted by molar-refractivity contribution is 6.74. The van der Waals surface area contributed by atoms with Crippen molar-refractivity contribution >= 4 is 8.32 Å². The lowest BCUT2D eigenvalue weighted by Gasteiger charge is -2.36. The first-order valence-corrected chi connectivity index (χ1v) is 9.14. The molecule has 0 N–H and O–H groups in total. The Hall–Kier alpha value is 0.0969. The minimum Gasteiger partial charge on any atom is -0.417 e. The first kappa shape index (κ1) is 12.6. The van der Waals surface area contributed by atoms with E-state index in [1.165, 1.54) is 24.9 Å². The average Bonchev–Trinajstić information content (AvgIpc) is 3.11. The van der Waals surface area contributed by atoms with Crippen LogP contribution in [0.25, 0.3) is 0 Å². The van der Waals surface area contributed by atoms with E-state index < -0.39 is 8.32 Å². The van der Waals surface area contributed by atoms with Crippen molar-refractivity contribution in [3.8, 4) is 0 Å². The Bertz CT molecular complexity index is 212. The van der Waals surface area contributed by atoms with Gasteiger partial charge in [-0.2, -0.15) is 0 Å². The van der Waals surface area contributed by atoms with E-state index in [0.29, 0.717) is 12.2 Å². The van der Waals surface area contributed by atoms with Gasteiger partial charge in [0.25, 0.3) is 0 Å². The molecule has 4 heteroatoms. The number of hydrogen-bond acceptors (Lipinski definition) is 3. The third-order valence-electron chi connectivity index (χ3n) is 3.71. The van der Waals surface area contributed by atoms with Gasteiger partial charge in [0.2, 0.25) is 0 Å². The van der Waals surface area contributed by atoms with Gasteiger partial charge in [0, 0.05) is 6.61 Å². The maximum Gasteiger partial charge on any atom is 0.195 e. The van der Waals surface area contributed by atoms with E-state index in [1.807, 2.05) is 0 Å². The maximum atomic E-state index is 6.14. The molecule has 2 heterocycles. The first-order valence-electron chi connectivity index (χ1n) is 6.61. The Kier molecular flexibility index (Phi) is 4.41. The fraction of sp³-hybridized carbons (Fsp3) is 1.00. The standard InChI is InChI=1S/C12H24O3Si/c1-3-16(7-5-4-6-15-16)10-11(2)13-8-12-9-14-12/h11-12H,3-10H2,1-2H3. The van der Waals surface area contributed by atoms with Crippen LogP contribution in [-0.2, 0) is 13.9 Å². The molecule has 0 radical (unpaired) electrons. The molecule has 3 nitrogen and oxygen atoms in total. The topological polar surface area (TPSA) is 31.0 Å². The van der Waals surface area contributed by atoms with Crippen molar-refractivity contribution < 1.29 is 13.9 Å². The van der Waals surface area contributed by atoms with Gasteiger partial charge in [-0.1, -0.05) is 13.3 Å². The van der Waals surface area contributed by atoms with Gasteiger partial charge in [-0.25, -0.2) is 0 Å². The second-order valence-electron chi connectivity index (χ2n) is 5.15. The van der Waals surface area contributed by atoms with Gasteiger partial charge in [-0.3, -0.25) is 0 Å². The van der Waals surface area contributed by atoms with Crippen LogP contribution in [0.3, 0.4) is 0 Å². The monoisotopic (exact) mass is 244 g/mol. The van der Waals surface area contributed by atoms with Crippen LogP contribution in [0.15, 0.2) is 0 Å². The lowest BCUT2D eigenvalue weighted by molar-refractivity contribution is 0.0615. The van der Waals surface area contributed by atoms with Crippen LogP contribution in [-0.4, -0.2) is 40.3 Å². The largest absolute Gasteiger partial charge is 0.417 e. The van der Waals surface area contributed by atoms with Crippen LogP contribution >= 0.6 is 0 Å². The summed E-state index contributed by atoms with van der Waals surface area (Å²) in [5.74, 6) is 0. The molecule has 0 saturated carbocycles. The van der Waals surface area contributed by atoms with E-state index >= 15 is 0 Å². The molecule has 0 spiro atoms. The zero-order valence-electron chi connectivity index (χ0n) is 10.5. The van der Waals surface area contributed by atoms with Crippen LogP contribution < -0.4 is 0 Å². The number of hydrogen-bond donors (Lipinski definition) is 0. The summed E-state index contributed by atoms with van der Waals surface area (Å²) in [6.07, 6.45) is 3.33. The molecule has 3 atom stereocenters. The van der Waals surface area contributed by atoms with Crippen LogP contribution in [0.1, 0.15) is 26.7 Å². The lowest BCUT2D eigenvalue weighted by atomic mass is 10.4. The molecule has 0 aromatic carbocycles. The summed E-state index contributed by atoms with van der Waals surface area (Å²) >= 11 is 0. The smallest absolute Gasteiger partial charge is 0.195 e. The molecule has 16 heavy (non-hydrogen) atoms. The highest BCUT2D eigenvalue weighted by Gasteiger charge is 2.37. The third-order valence-corrected chi connectivity index (χ3v) is 8.40. The Morgan fingerprint density at radius 3 is 2.81 bits per heavy atom. The summed E-state index contributed by atoms with van der Waals surface area (Å²) in [6.45, 7) is 7.12. The van der Waals surface area contributed by atoms with Crippen LogP contribution in [0.2, 0.25) is 18.1 Å². The van der Waals surface area contributed by atoms with Crippen molar-refractivity contribution in [2.45, 2.75) is 57.0 Å². The SMILES string of the molecule is CC[Si]1(CC(C)OCC2CO2)CCCCO1. The molecule has 2 saturated heterocycles. The second-order valence-corrected chi connectivity index (χ2v) is 9.42. The van der Waals surface area contributed by atoms with Gasteiger partial charge in [0.1, 0.15) is 6.10 Å². The van der Waals surface area contributed by atoms with Crippen molar-refractivity contribution in [1.82, 2.24) is 0 Å². The minimum absolute atomic E-state index is 0.342. The zero-order chi connectivity index (χ0) is 11.4. The molecule has 3 unspecified atom stereocenters. The van der Waals surface area contributed by atoms with Crippen molar-refractivity contribution in [3.05, 3.63) is 0 Å². The summed E-state index contributed by atoms with van der Waals surface area (Å²) in [5, 5.41) is 0. The molecule has 94 valence electrons. The van der Waals surface area contributed by atoms with E-state index in [9.17, 15) is 0 Å². The highest BCUT2D eigenvalue weighted by Crippen LogP contribution is 2.31. The molecule has 2 aliphatic heterocycles. The van der Waals surface area contributed by atoms with Crippen molar-refractivity contribution in [1.29, 1.82) is 0 Å². The quantitative estimate of drug-likeness (QED) is 0.531. The van der Waals surface area contributed by atoms with E-state index in [-0.39, 0.29) is 0 Å². The normalized spacial score (nSPS) is 36.0. The predicted molar refractivity (Wildman–Crippen MR) is 66.2 cm³/mol. The van der Waals surface area contributed by atoms with E-state index in [2.05, 4.69) is 13.8 Å². The van der Waals surface area contributed by atoms with Gasteiger partial charge >= 0.3 is 0 Å². The molecule has 2 rings (SSSR count). The minimum atomic E-state index is -1.44. The molecule has 0 aromatic heterocycles. The van der Waals surface area contributed by atoms with Crippen molar-refractivity contribution in [2.24, 2.45) is 0 Å². The highest BCUT2D eigenvalue weighted by atomic mass is 28.4. The summed E-state index contributed by atoms with van der Waals surface area (Å²) < 4.78 is 17.1. The Balaban J connectivity index is 1.74. The fourth-order valence-corrected chi connectivity index (χ4v) is 6.46. The Morgan fingerprint density at radius 1 is 1.44 bits per heavy atom. The first-order chi connectivity index (χ1) is 7.74. The molecular weight excluding hydrogens is 220 g/mol. The number of ether oxygens (including phenoxy) is 2. The molecular formula is C12H24O3Si. The average molecular weight is 244 g/mol. The third kappa shape index (κ3) is 3.55. The van der Waals surface area contributed by atoms with Gasteiger partial charge in [-0.05, 0) is 31.5 Å². The maximum absolute atomic E-state index is 6.14. The molecule has 0 aliphatic carbocycles. The van der Waals surface area contributed by atoms with Gasteiger partial charge < -0.3 is 13.9 Å². The zero-order valence-corrected chi connectivity index (χ0v) is 11.5. The summed E-state index contributed by atoms with van der Waals surface area (Å²) in [6, 6.07) is 3.73. The lowest BCUT2D eigenvalue weighted by Crippen LogP contribution is -2.43. The van der Waals surface area contributed by atoms with Crippen LogP contribution in [0.4, 0.5) is 0 Å². The van der Waals surface area contributed by atoms with E-state index in [1.54, 1.807) is 0 Å². The van der Waals surface area contributed by atoms with Crippen LogP contribution in [0, 0.1) is 0 Å². The van der Waals surface area contributed by atoms with Crippen molar-refractivity contribution in [3.63, 3.8) is 0 Å². The molecule has 0 aromatic rings. The Labute approximate surface area is 99.6 Å². The number of epoxide rings is 1. The molecule has 2 fully saturated rings. The van der Waals surface area contributed by atoms with Gasteiger partial charge in [0.15, 0.2) is 8.32 Å². The van der Waals surface area contributed by atoms with Crippen molar-refractivity contribution in [2.75, 3.05) is 19.8 Å². The molecule has 0 bridgehead atoms. The summed E-state index contributed by atoms with van der Waals surface area (Å²) in [5.41, 5.74) is 0. The number of rotatable bonds is 6. The molecule has 2 aliphatic rings.